The van der Waals surface area contributed by atoms with Crippen LogP contribution >= 0.6 is 0 Å². The van der Waals surface area contributed by atoms with E-state index >= 15 is 0 Å². The molecule has 0 amide bonds. The summed E-state index contributed by atoms with van der Waals surface area (Å²) in [5.41, 5.74) is 4.24. The van der Waals surface area contributed by atoms with Crippen molar-refractivity contribution in [2.75, 3.05) is 0 Å². The van der Waals surface area contributed by atoms with Crippen LogP contribution in [0.25, 0.3) is 0 Å². The third kappa shape index (κ3) is 3.91. The Morgan fingerprint density at radius 3 is 2.62 bits per heavy atom. The molecule has 0 saturated carbocycles. The van der Waals surface area contributed by atoms with E-state index in [4.69, 9.17) is 5.84 Å². The maximum absolute atomic E-state index is 5.62. The first-order valence-corrected chi connectivity index (χ1v) is 6.16. The summed E-state index contributed by atoms with van der Waals surface area (Å²) in [7, 11) is 0. The monoisotopic (exact) mass is 221 g/mol. The average molecular weight is 221 g/mol. The van der Waals surface area contributed by atoms with Gasteiger partial charge in [0, 0.05) is 18.4 Å². The van der Waals surface area contributed by atoms with Crippen LogP contribution in [0.5, 0.6) is 0 Å². The van der Waals surface area contributed by atoms with Crippen molar-refractivity contribution >= 4 is 0 Å². The van der Waals surface area contributed by atoms with Crippen molar-refractivity contribution in [3.8, 4) is 0 Å². The molecule has 3 N–H and O–H groups in total. The van der Waals surface area contributed by atoms with Crippen LogP contribution in [0.3, 0.4) is 0 Å². The minimum atomic E-state index is 0.412. The molecule has 0 bridgehead atoms. The summed E-state index contributed by atoms with van der Waals surface area (Å²) in [5, 5.41) is 0. The smallest absolute Gasteiger partial charge is 0.0299 e. The Hall–Kier alpha value is -0.930. The van der Waals surface area contributed by atoms with Crippen LogP contribution < -0.4 is 11.3 Å². The Kier molecular flexibility index (Phi) is 6.04. The lowest BCUT2D eigenvalue weighted by molar-refractivity contribution is 0.321. The molecule has 0 radical (unpaired) electrons. The van der Waals surface area contributed by atoms with Gasteiger partial charge in [0.15, 0.2) is 0 Å². The largest absolute Gasteiger partial charge is 0.271 e. The van der Waals surface area contributed by atoms with Crippen molar-refractivity contribution < 1.29 is 0 Å². The highest BCUT2D eigenvalue weighted by molar-refractivity contribution is 5.08. The molecule has 0 saturated heterocycles. The van der Waals surface area contributed by atoms with E-state index in [9.17, 15) is 0 Å². The van der Waals surface area contributed by atoms with E-state index in [1.807, 2.05) is 18.5 Å². The Morgan fingerprint density at radius 1 is 1.38 bits per heavy atom. The number of pyridine rings is 1. The van der Waals surface area contributed by atoms with Gasteiger partial charge in [-0.05, 0) is 30.4 Å². The Bertz CT molecular complexity index is 270. The van der Waals surface area contributed by atoms with Crippen molar-refractivity contribution in [3.63, 3.8) is 0 Å². The number of nitrogens with two attached hydrogens (primary N) is 1. The van der Waals surface area contributed by atoms with Gasteiger partial charge < -0.3 is 0 Å². The van der Waals surface area contributed by atoms with Crippen LogP contribution in [0.2, 0.25) is 0 Å². The zero-order chi connectivity index (χ0) is 11.8. The SMILES string of the molecule is CCC(CC)C(CCc1cccnc1)NN. The molecular weight excluding hydrogens is 198 g/mol. The molecule has 0 fully saturated rings. The van der Waals surface area contributed by atoms with Crippen molar-refractivity contribution in [2.24, 2.45) is 11.8 Å². The number of rotatable bonds is 7. The second kappa shape index (κ2) is 7.36. The number of nitrogens with zero attached hydrogens (tertiary/aromatic N) is 1. The molecule has 0 aromatic carbocycles. The first kappa shape index (κ1) is 13.1. The lowest BCUT2D eigenvalue weighted by Crippen LogP contribution is -2.40. The fourth-order valence-corrected chi connectivity index (χ4v) is 2.18. The molecule has 0 spiro atoms. The van der Waals surface area contributed by atoms with E-state index in [2.05, 4.69) is 30.3 Å². The molecule has 3 nitrogen and oxygen atoms in total. The molecule has 0 aliphatic rings. The van der Waals surface area contributed by atoms with Gasteiger partial charge in [-0.1, -0.05) is 32.8 Å². The summed E-state index contributed by atoms with van der Waals surface area (Å²) in [6, 6.07) is 4.51. The Morgan fingerprint density at radius 2 is 2.12 bits per heavy atom. The molecule has 0 aliphatic carbocycles. The van der Waals surface area contributed by atoms with Crippen molar-refractivity contribution in [2.45, 2.75) is 45.6 Å². The first-order valence-electron chi connectivity index (χ1n) is 6.16. The molecule has 90 valence electrons. The van der Waals surface area contributed by atoms with Crippen molar-refractivity contribution in [1.29, 1.82) is 0 Å². The quantitative estimate of drug-likeness (QED) is 0.548. The summed E-state index contributed by atoms with van der Waals surface area (Å²) in [6.45, 7) is 4.45. The normalized spacial score (nSPS) is 13.0. The second-order valence-electron chi connectivity index (χ2n) is 4.25. The van der Waals surface area contributed by atoms with Gasteiger partial charge in [0.2, 0.25) is 0 Å². The van der Waals surface area contributed by atoms with Gasteiger partial charge in [0.05, 0.1) is 0 Å². The van der Waals surface area contributed by atoms with Gasteiger partial charge in [0.25, 0.3) is 0 Å². The minimum Gasteiger partial charge on any atom is -0.271 e. The van der Waals surface area contributed by atoms with E-state index in [0.29, 0.717) is 12.0 Å². The van der Waals surface area contributed by atoms with Crippen LogP contribution in [0.15, 0.2) is 24.5 Å². The number of nitrogens with one attached hydrogen (secondary N) is 1. The maximum Gasteiger partial charge on any atom is 0.0299 e. The molecule has 1 aromatic rings. The van der Waals surface area contributed by atoms with E-state index in [-0.39, 0.29) is 0 Å². The summed E-state index contributed by atoms with van der Waals surface area (Å²) in [5.74, 6) is 6.29. The summed E-state index contributed by atoms with van der Waals surface area (Å²) < 4.78 is 0. The highest BCUT2D eigenvalue weighted by Crippen LogP contribution is 2.17. The molecule has 1 atom stereocenters. The zero-order valence-corrected chi connectivity index (χ0v) is 10.3. The standard InChI is InChI=1S/C13H23N3/c1-3-12(4-2)13(16-14)8-7-11-6-5-9-15-10-11/h5-6,9-10,12-13,16H,3-4,7-8,14H2,1-2H3. The van der Waals surface area contributed by atoms with Crippen LogP contribution in [-0.4, -0.2) is 11.0 Å². The van der Waals surface area contributed by atoms with Gasteiger partial charge in [-0.15, -0.1) is 0 Å². The van der Waals surface area contributed by atoms with E-state index in [0.717, 1.165) is 12.8 Å². The van der Waals surface area contributed by atoms with Crippen LogP contribution in [0.1, 0.15) is 38.7 Å². The minimum absolute atomic E-state index is 0.412. The average Bonchev–Trinajstić information content (AvgIpc) is 2.35. The molecular formula is C13H23N3. The number of hydrogen-bond donors (Lipinski definition) is 2. The number of aromatic nitrogens is 1. The number of hydrazine groups is 1. The molecule has 1 unspecified atom stereocenters. The van der Waals surface area contributed by atoms with Crippen LogP contribution in [0, 0.1) is 5.92 Å². The zero-order valence-electron chi connectivity index (χ0n) is 10.3. The molecule has 0 aliphatic heterocycles. The Balaban J connectivity index is 2.45. The first-order chi connectivity index (χ1) is 7.81. The molecule has 1 rings (SSSR count). The Labute approximate surface area is 98.4 Å². The van der Waals surface area contributed by atoms with Gasteiger partial charge in [-0.25, -0.2) is 0 Å². The van der Waals surface area contributed by atoms with Crippen LogP contribution in [-0.2, 0) is 6.42 Å². The maximum atomic E-state index is 5.62. The summed E-state index contributed by atoms with van der Waals surface area (Å²) >= 11 is 0. The lowest BCUT2D eigenvalue weighted by Gasteiger charge is -2.24. The fraction of sp³-hybridized carbons (Fsp3) is 0.615. The van der Waals surface area contributed by atoms with Crippen molar-refractivity contribution in [3.05, 3.63) is 30.1 Å². The lowest BCUT2D eigenvalue weighted by atomic mass is 9.90. The van der Waals surface area contributed by atoms with Crippen molar-refractivity contribution in [1.82, 2.24) is 10.4 Å². The topological polar surface area (TPSA) is 50.9 Å². The number of hydrogen-bond acceptors (Lipinski definition) is 3. The van der Waals surface area contributed by atoms with Gasteiger partial charge in [0.1, 0.15) is 0 Å². The molecule has 3 heteroatoms. The van der Waals surface area contributed by atoms with Gasteiger partial charge in [-0.2, -0.15) is 0 Å². The third-order valence-corrected chi connectivity index (χ3v) is 3.30. The van der Waals surface area contributed by atoms with E-state index in [1.165, 1.54) is 18.4 Å². The molecule has 1 heterocycles. The van der Waals surface area contributed by atoms with E-state index in [1.54, 1.807) is 0 Å². The highest BCUT2D eigenvalue weighted by atomic mass is 15.2. The highest BCUT2D eigenvalue weighted by Gasteiger charge is 2.16. The fourth-order valence-electron chi connectivity index (χ4n) is 2.18. The van der Waals surface area contributed by atoms with E-state index < -0.39 is 0 Å². The molecule has 16 heavy (non-hydrogen) atoms. The summed E-state index contributed by atoms with van der Waals surface area (Å²) in [6.07, 6.45) is 8.22. The predicted octanol–water partition coefficient (Wildman–Crippen LogP) is 2.28. The predicted molar refractivity (Wildman–Crippen MR) is 67.7 cm³/mol. The van der Waals surface area contributed by atoms with Gasteiger partial charge in [-0.3, -0.25) is 16.3 Å². The second-order valence-corrected chi connectivity index (χ2v) is 4.25. The summed E-state index contributed by atoms with van der Waals surface area (Å²) in [4.78, 5) is 4.12. The van der Waals surface area contributed by atoms with Crippen LogP contribution in [0.4, 0.5) is 0 Å². The van der Waals surface area contributed by atoms with Gasteiger partial charge >= 0.3 is 0 Å². The third-order valence-electron chi connectivity index (χ3n) is 3.30. The molecule has 1 aromatic heterocycles. The number of aryl methyl sites for hydroxylation is 1.